The summed E-state index contributed by atoms with van der Waals surface area (Å²) >= 11 is 0. The SMILES string of the molecule is COCOc1cc(OCCCCN=[N+]=[N-])cc2c1C(=O)O[C@@H](C)[C@H](C)/C=C\C(C)[C@H]1OC(C)(C)O[C@H]1CC=C2. The number of rotatable bonds is 9. The van der Waals surface area contributed by atoms with Gasteiger partial charge in [-0.1, -0.05) is 43.3 Å². The van der Waals surface area contributed by atoms with Crippen molar-refractivity contribution in [3.8, 4) is 11.5 Å². The van der Waals surface area contributed by atoms with Crippen molar-refractivity contribution in [2.45, 2.75) is 78.0 Å². The minimum absolute atomic E-state index is 0.0246. The maximum absolute atomic E-state index is 13.5. The number of methoxy groups -OCH3 is 1. The Labute approximate surface area is 230 Å². The molecule has 0 amide bonds. The molecule has 0 aromatic heterocycles. The van der Waals surface area contributed by atoms with E-state index in [2.05, 4.69) is 29.1 Å². The zero-order chi connectivity index (χ0) is 28.4. The van der Waals surface area contributed by atoms with Gasteiger partial charge in [-0.3, -0.25) is 0 Å². The highest BCUT2D eigenvalue weighted by molar-refractivity contribution is 5.97. The molecule has 1 saturated heterocycles. The highest BCUT2D eigenvalue weighted by atomic mass is 16.8. The van der Waals surface area contributed by atoms with Crippen molar-refractivity contribution in [2.75, 3.05) is 27.1 Å². The number of unbranched alkanes of at least 4 members (excludes halogenated alkanes) is 1. The number of cyclic esters (lactones) is 1. The molecule has 2 aliphatic rings. The normalized spacial score (nSPS) is 27.3. The van der Waals surface area contributed by atoms with Crippen LogP contribution in [0.3, 0.4) is 0 Å². The molecule has 5 atom stereocenters. The fraction of sp³-hybridized carbons (Fsp3) is 0.621. The van der Waals surface area contributed by atoms with Crippen LogP contribution in [0.5, 0.6) is 11.5 Å². The lowest BCUT2D eigenvalue weighted by Crippen LogP contribution is -2.29. The molecule has 10 nitrogen and oxygen atoms in total. The largest absolute Gasteiger partial charge is 0.493 e. The summed E-state index contributed by atoms with van der Waals surface area (Å²) in [7, 11) is 1.51. The van der Waals surface area contributed by atoms with Crippen LogP contribution < -0.4 is 9.47 Å². The van der Waals surface area contributed by atoms with Gasteiger partial charge >= 0.3 is 5.97 Å². The fourth-order valence-electron chi connectivity index (χ4n) is 4.57. The number of nitrogens with zero attached hydrogens (tertiary/aromatic N) is 3. The highest BCUT2D eigenvalue weighted by Crippen LogP contribution is 2.36. The molecule has 2 heterocycles. The van der Waals surface area contributed by atoms with Crippen LogP contribution in [-0.2, 0) is 18.9 Å². The molecule has 2 aliphatic heterocycles. The smallest absolute Gasteiger partial charge is 0.342 e. The highest BCUT2D eigenvalue weighted by Gasteiger charge is 2.42. The van der Waals surface area contributed by atoms with E-state index in [1.807, 2.05) is 39.8 Å². The number of ether oxygens (including phenoxy) is 6. The molecule has 0 spiro atoms. The summed E-state index contributed by atoms with van der Waals surface area (Å²) in [5.41, 5.74) is 9.34. The number of carbonyl (C=O) groups is 1. The molecular weight excluding hydrogens is 502 g/mol. The molecule has 1 aromatic rings. The van der Waals surface area contributed by atoms with E-state index in [-0.39, 0.29) is 36.9 Å². The van der Waals surface area contributed by atoms with Crippen molar-refractivity contribution in [2.24, 2.45) is 17.0 Å². The van der Waals surface area contributed by atoms with E-state index in [9.17, 15) is 4.79 Å². The molecule has 0 N–H and O–H groups in total. The lowest BCUT2D eigenvalue weighted by atomic mass is 9.94. The average molecular weight is 544 g/mol. The van der Waals surface area contributed by atoms with Crippen molar-refractivity contribution < 1.29 is 33.2 Å². The first-order valence-electron chi connectivity index (χ1n) is 13.5. The number of fused-ring (bicyclic) bond motifs is 2. The van der Waals surface area contributed by atoms with Crippen LogP contribution in [0.15, 0.2) is 35.5 Å². The molecular formula is C29H41N3O7. The predicted octanol–water partition coefficient (Wildman–Crippen LogP) is 6.45. The van der Waals surface area contributed by atoms with Crippen molar-refractivity contribution >= 4 is 12.0 Å². The number of azide groups is 1. The van der Waals surface area contributed by atoms with Crippen molar-refractivity contribution in [1.29, 1.82) is 0 Å². The Bertz CT molecular complexity index is 1080. The maximum Gasteiger partial charge on any atom is 0.342 e. The maximum atomic E-state index is 13.5. The third-order valence-electron chi connectivity index (χ3n) is 6.78. The summed E-state index contributed by atoms with van der Waals surface area (Å²) in [5, 5.41) is 3.55. The summed E-state index contributed by atoms with van der Waals surface area (Å²) in [6.07, 6.45) is 9.39. The first-order chi connectivity index (χ1) is 18.6. The summed E-state index contributed by atoms with van der Waals surface area (Å²) in [4.78, 5) is 16.3. The minimum atomic E-state index is -0.685. The van der Waals surface area contributed by atoms with Crippen molar-refractivity contribution in [1.82, 2.24) is 0 Å². The van der Waals surface area contributed by atoms with Crippen LogP contribution in [0.4, 0.5) is 0 Å². The Kier molecular flexibility index (Phi) is 11.2. The van der Waals surface area contributed by atoms with Gasteiger partial charge in [0.25, 0.3) is 0 Å². The van der Waals surface area contributed by atoms with Crippen LogP contribution >= 0.6 is 0 Å². The Morgan fingerprint density at radius 3 is 2.62 bits per heavy atom. The predicted molar refractivity (Wildman–Crippen MR) is 148 cm³/mol. The monoisotopic (exact) mass is 543 g/mol. The van der Waals surface area contributed by atoms with Crippen LogP contribution in [0.1, 0.15) is 69.8 Å². The molecule has 214 valence electrons. The molecule has 10 heteroatoms. The molecule has 0 saturated carbocycles. The molecule has 1 unspecified atom stereocenters. The van der Waals surface area contributed by atoms with E-state index >= 15 is 0 Å². The van der Waals surface area contributed by atoms with E-state index in [0.29, 0.717) is 55.0 Å². The molecule has 0 radical (unpaired) electrons. The molecule has 39 heavy (non-hydrogen) atoms. The Morgan fingerprint density at radius 1 is 1.10 bits per heavy atom. The topological polar surface area (TPSA) is 121 Å². The van der Waals surface area contributed by atoms with Crippen LogP contribution in [0.2, 0.25) is 0 Å². The Hall–Kier alpha value is -3.04. The third-order valence-corrected chi connectivity index (χ3v) is 6.78. The summed E-state index contributed by atoms with van der Waals surface area (Å²) in [6, 6.07) is 3.47. The number of carbonyl (C=O) groups excluding carboxylic acids is 1. The summed E-state index contributed by atoms with van der Waals surface area (Å²) in [6.45, 7) is 10.6. The van der Waals surface area contributed by atoms with Gasteiger partial charge < -0.3 is 28.4 Å². The number of hydrogen-bond donors (Lipinski definition) is 0. The van der Waals surface area contributed by atoms with Gasteiger partial charge in [-0.15, -0.1) is 0 Å². The lowest BCUT2D eigenvalue weighted by molar-refractivity contribution is -0.148. The van der Waals surface area contributed by atoms with E-state index in [0.717, 1.165) is 0 Å². The summed E-state index contributed by atoms with van der Waals surface area (Å²) in [5.74, 6) is -0.236. The zero-order valence-corrected chi connectivity index (χ0v) is 23.8. The van der Waals surface area contributed by atoms with E-state index in [1.165, 1.54) is 7.11 Å². The van der Waals surface area contributed by atoms with E-state index in [4.69, 9.17) is 34.0 Å². The van der Waals surface area contributed by atoms with Gasteiger partial charge in [0.05, 0.1) is 18.8 Å². The first kappa shape index (κ1) is 30.5. The lowest BCUT2D eigenvalue weighted by Gasteiger charge is -2.23. The van der Waals surface area contributed by atoms with Crippen molar-refractivity contribution in [3.05, 3.63) is 51.9 Å². The van der Waals surface area contributed by atoms with Gasteiger partial charge in [0, 0.05) is 36.5 Å². The summed E-state index contributed by atoms with van der Waals surface area (Å²) < 4.78 is 35.3. The molecule has 3 rings (SSSR count). The van der Waals surface area contributed by atoms with Crippen LogP contribution in [0, 0.1) is 11.8 Å². The molecule has 1 fully saturated rings. The second kappa shape index (κ2) is 14.4. The van der Waals surface area contributed by atoms with Gasteiger partial charge in [0.1, 0.15) is 23.2 Å². The van der Waals surface area contributed by atoms with Gasteiger partial charge in [0.2, 0.25) is 0 Å². The van der Waals surface area contributed by atoms with Gasteiger partial charge in [0.15, 0.2) is 12.6 Å². The van der Waals surface area contributed by atoms with Crippen molar-refractivity contribution in [3.63, 3.8) is 0 Å². The first-order valence-corrected chi connectivity index (χ1v) is 13.5. The second-order valence-corrected chi connectivity index (χ2v) is 10.4. The molecule has 0 aliphatic carbocycles. The van der Waals surface area contributed by atoms with Gasteiger partial charge in [-0.05, 0) is 57.2 Å². The third kappa shape index (κ3) is 8.73. The van der Waals surface area contributed by atoms with Gasteiger partial charge in [-0.2, -0.15) is 0 Å². The van der Waals surface area contributed by atoms with Crippen LogP contribution in [0.25, 0.3) is 16.5 Å². The second-order valence-electron chi connectivity index (χ2n) is 10.4. The zero-order valence-electron chi connectivity index (χ0n) is 23.8. The number of esters is 1. The van der Waals surface area contributed by atoms with E-state index in [1.54, 1.807) is 12.1 Å². The fourth-order valence-corrected chi connectivity index (χ4v) is 4.57. The quantitative estimate of drug-likeness (QED) is 0.0667. The molecule has 1 aromatic carbocycles. The average Bonchev–Trinajstić information content (AvgIpc) is 3.21. The number of benzene rings is 1. The minimum Gasteiger partial charge on any atom is -0.493 e. The standard InChI is InChI=1S/C29H41N3O7/c1-19-12-13-20(2)27-24(38-29(4,5)39-27)11-9-10-22-16-23(35-15-8-7-14-31-32-30)17-25(36-18-34-6)26(22)28(33)37-21(19)3/h9-10,12-13,16-17,19-21,24,27H,7-8,11,14-15,18H2,1-6H3/b10-9?,13-12-/t19-,20?,21+,24+,27-/m1/s1. The Morgan fingerprint density at radius 2 is 1.87 bits per heavy atom. The van der Waals surface area contributed by atoms with E-state index < -0.39 is 11.8 Å². The van der Waals surface area contributed by atoms with Gasteiger partial charge in [-0.25, -0.2) is 4.79 Å². The molecule has 0 bridgehead atoms. The number of hydrogen-bond acceptors (Lipinski definition) is 8. The Balaban J connectivity index is 1.98. The van der Waals surface area contributed by atoms with Crippen LogP contribution in [-0.4, -0.2) is 57.1 Å².